The molecule has 1 aliphatic carbocycles. The molecule has 2 unspecified atom stereocenters. The van der Waals surface area contributed by atoms with E-state index in [1.807, 2.05) is 21.0 Å². The lowest BCUT2D eigenvalue weighted by atomic mass is 9.57. The first-order chi connectivity index (χ1) is 8.69. The van der Waals surface area contributed by atoms with Gasteiger partial charge in [-0.25, -0.2) is 0 Å². The Morgan fingerprint density at radius 2 is 1.94 bits per heavy atom. The highest BCUT2D eigenvalue weighted by Gasteiger charge is 2.54. The monoisotopic (exact) mass is 247 g/mol. The molecule has 1 N–H and O–H groups in total. The summed E-state index contributed by atoms with van der Waals surface area (Å²) in [4.78, 5) is 0. The fourth-order valence-electron chi connectivity index (χ4n) is 3.42. The summed E-state index contributed by atoms with van der Waals surface area (Å²) in [6.07, 6.45) is 0. The van der Waals surface area contributed by atoms with Gasteiger partial charge in [-0.1, -0.05) is 26.0 Å². The molecule has 1 aromatic rings. The molecule has 1 aliphatic heterocycles. The lowest BCUT2D eigenvalue weighted by Gasteiger charge is -2.46. The first kappa shape index (κ1) is 13.6. The van der Waals surface area contributed by atoms with Crippen LogP contribution >= 0.6 is 0 Å². The molecule has 3 rings (SSSR count). The van der Waals surface area contributed by atoms with Crippen molar-refractivity contribution in [3.8, 4) is 0 Å². The van der Waals surface area contributed by atoms with Crippen LogP contribution in [-0.2, 0) is 10.2 Å². The molecule has 2 heteroatoms. The highest BCUT2D eigenvalue weighted by atomic mass is 16.5. The highest BCUT2D eigenvalue weighted by molar-refractivity contribution is 5.56. The zero-order valence-corrected chi connectivity index (χ0v) is 12.3. The molecule has 1 heterocycles. The number of hydrogen-bond donors (Lipinski definition) is 1. The molecule has 2 aliphatic rings. The predicted octanol–water partition coefficient (Wildman–Crippen LogP) is 2.91. The molecule has 0 bridgehead atoms. The molecule has 2 atom stereocenters. The van der Waals surface area contributed by atoms with Crippen LogP contribution in [0.15, 0.2) is 12.1 Å². The normalized spacial score (nSPS) is 27.7. The van der Waals surface area contributed by atoms with Gasteiger partial charge in [0.2, 0.25) is 0 Å². The van der Waals surface area contributed by atoms with Crippen molar-refractivity contribution >= 4 is 0 Å². The second kappa shape index (κ2) is 5.02. The van der Waals surface area contributed by atoms with Gasteiger partial charge in [0.05, 0.1) is 6.61 Å². The molecule has 0 radical (unpaired) electrons. The van der Waals surface area contributed by atoms with Gasteiger partial charge in [-0.3, -0.25) is 0 Å². The lowest BCUT2D eigenvalue weighted by molar-refractivity contribution is 0.115. The van der Waals surface area contributed by atoms with Crippen molar-refractivity contribution in [3.63, 3.8) is 0 Å². The van der Waals surface area contributed by atoms with Gasteiger partial charge in [0.15, 0.2) is 0 Å². The average molecular weight is 247 g/mol. The number of methoxy groups -OCH3 is 1. The van der Waals surface area contributed by atoms with Crippen LogP contribution in [0.2, 0.25) is 0 Å². The van der Waals surface area contributed by atoms with E-state index in [9.17, 15) is 0 Å². The molecule has 1 saturated heterocycles. The van der Waals surface area contributed by atoms with Crippen LogP contribution in [0.5, 0.6) is 0 Å². The summed E-state index contributed by atoms with van der Waals surface area (Å²) < 4.78 is 5.44. The lowest BCUT2D eigenvalue weighted by Crippen LogP contribution is -2.47. The van der Waals surface area contributed by atoms with E-state index in [4.69, 9.17) is 4.74 Å². The first-order valence-corrected chi connectivity index (χ1v) is 7.00. The second-order valence-corrected chi connectivity index (χ2v) is 5.30. The summed E-state index contributed by atoms with van der Waals surface area (Å²) in [6, 6.07) is 4.74. The largest absolute Gasteiger partial charge is 0.384 e. The number of hydrogen-bond acceptors (Lipinski definition) is 2. The van der Waals surface area contributed by atoms with E-state index in [2.05, 4.69) is 31.3 Å². The van der Waals surface area contributed by atoms with E-state index < -0.39 is 0 Å². The fourth-order valence-corrected chi connectivity index (χ4v) is 3.42. The van der Waals surface area contributed by atoms with Crippen LogP contribution in [0.1, 0.15) is 42.0 Å². The minimum Gasteiger partial charge on any atom is -0.384 e. The van der Waals surface area contributed by atoms with Crippen LogP contribution in [0, 0.1) is 13.8 Å². The van der Waals surface area contributed by atoms with Crippen molar-refractivity contribution in [1.82, 2.24) is 5.32 Å². The van der Waals surface area contributed by atoms with E-state index in [0.717, 1.165) is 19.7 Å². The Morgan fingerprint density at radius 3 is 2.61 bits per heavy atom. The van der Waals surface area contributed by atoms with Gasteiger partial charge in [-0.15, -0.1) is 0 Å². The molecule has 0 saturated carbocycles. The number of ether oxygens (including phenoxy) is 1. The van der Waals surface area contributed by atoms with Gasteiger partial charge in [0.25, 0.3) is 0 Å². The van der Waals surface area contributed by atoms with Crippen molar-refractivity contribution in [2.75, 3.05) is 26.8 Å². The Hall–Kier alpha value is -0.860. The minimum absolute atomic E-state index is 0.266. The van der Waals surface area contributed by atoms with E-state index >= 15 is 0 Å². The Morgan fingerprint density at radius 1 is 1.28 bits per heavy atom. The van der Waals surface area contributed by atoms with Crippen molar-refractivity contribution in [2.45, 2.75) is 39.0 Å². The zero-order valence-electron chi connectivity index (χ0n) is 12.3. The molecule has 1 fully saturated rings. The molecule has 100 valence electrons. The Kier molecular flexibility index (Phi) is 3.79. The van der Waals surface area contributed by atoms with Crippen molar-refractivity contribution < 1.29 is 4.74 Å². The van der Waals surface area contributed by atoms with Crippen molar-refractivity contribution in [2.24, 2.45) is 0 Å². The quantitative estimate of drug-likeness (QED) is 0.867. The standard InChI is InChI=1S/C14H19NO.C2H6/c1-9-4-11-12(5-10(9)2)14(8-16-3)7-15-6-13(11)14;1-2/h4-5,13,15H,6-8H2,1-3H3;1-2H3. The second-order valence-electron chi connectivity index (χ2n) is 5.30. The third kappa shape index (κ3) is 1.70. The van der Waals surface area contributed by atoms with Gasteiger partial charge in [-0.2, -0.15) is 0 Å². The Bertz CT molecular complexity index is 441. The van der Waals surface area contributed by atoms with Crippen LogP contribution < -0.4 is 5.32 Å². The van der Waals surface area contributed by atoms with Gasteiger partial charge in [0.1, 0.15) is 0 Å². The maximum absolute atomic E-state index is 5.44. The number of fused-ring (bicyclic) bond motifs is 4. The molecule has 2 nitrogen and oxygen atoms in total. The van der Waals surface area contributed by atoms with E-state index in [1.54, 1.807) is 5.56 Å². The highest BCUT2D eigenvalue weighted by Crippen LogP contribution is 2.54. The summed E-state index contributed by atoms with van der Waals surface area (Å²) in [5.41, 5.74) is 6.15. The fraction of sp³-hybridized carbons (Fsp3) is 0.625. The molecule has 0 aromatic heterocycles. The maximum Gasteiger partial charge on any atom is 0.0577 e. The third-order valence-corrected chi connectivity index (χ3v) is 4.44. The molecule has 0 spiro atoms. The van der Waals surface area contributed by atoms with Crippen LogP contribution in [-0.4, -0.2) is 26.8 Å². The summed E-state index contributed by atoms with van der Waals surface area (Å²) >= 11 is 0. The first-order valence-electron chi connectivity index (χ1n) is 7.00. The molecular formula is C16H25NO. The number of aryl methyl sites for hydroxylation is 2. The molecule has 0 amide bonds. The Balaban J connectivity index is 0.000000574. The van der Waals surface area contributed by atoms with E-state index in [1.165, 1.54) is 16.7 Å². The average Bonchev–Trinajstić information content (AvgIpc) is 2.75. The molecule has 1 aromatic carbocycles. The minimum atomic E-state index is 0.266. The maximum atomic E-state index is 5.44. The topological polar surface area (TPSA) is 21.3 Å². The van der Waals surface area contributed by atoms with Gasteiger partial charge >= 0.3 is 0 Å². The van der Waals surface area contributed by atoms with Gasteiger partial charge in [-0.05, 0) is 36.1 Å². The number of rotatable bonds is 2. The van der Waals surface area contributed by atoms with Crippen molar-refractivity contribution in [3.05, 3.63) is 34.4 Å². The van der Waals surface area contributed by atoms with Crippen LogP contribution in [0.4, 0.5) is 0 Å². The van der Waals surface area contributed by atoms with Crippen LogP contribution in [0.25, 0.3) is 0 Å². The van der Waals surface area contributed by atoms with Crippen molar-refractivity contribution in [1.29, 1.82) is 0 Å². The van der Waals surface area contributed by atoms with E-state index in [0.29, 0.717) is 5.92 Å². The zero-order chi connectivity index (χ0) is 13.3. The SMILES string of the molecule is CC.COCC12CNCC1c1cc(C)c(C)cc12. The predicted molar refractivity (Wildman–Crippen MR) is 76.4 cm³/mol. The summed E-state index contributed by atoms with van der Waals surface area (Å²) in [5.74, 6) is 0.668. The molecule has 18 heavy (non-hydrogen) atoms. The van der Waals surface area contributed by atoms with Gasteiger partial charge < -0.3 is 10.1 Å². The summed E-state index contributed by atoms with van der Waals surface area (Å²) in [5, 5.41) is 3.52. The molecular weight excluding hydrogens is 222 g/mol. The Labute approximate surface area is 111 Å². The van der Waals surface area contributed by atoms with Crippen LogP contribution in [0.3, 0.4) is 0 Å². The third-order valence-electron chi connectivity index (χ3n) is 4.44. The smallest absolute Gasteiger partial charge is 0.0577 e. The summed E-state index contributed by atoms with van der Waals surface area (Å²) in [7, 11) is 1.81. The summed E-state index contributed by atoms with van der Waals surface area (Å²) in [6.45, 7) is 11.4. The van der Waals surface area contributed by atoms with Gasteiger partial charge in [0, 0.05) is 31.5 Å². The van der Waals surface area contributed by atoms with E-state index in [-0.39, 0.29) is 5.41 Å². The number of nitrogens with one attached hydrogen (secondary N) is 1. The number of benzene rings is 1.